The van der Waals surface area contributed by atoms with Crippen LogP contribution in [0, 0.1) is 0 Å². The van der Waals surface area contributed by atoms with Crippen LogP contribution in [0.4, 0.5) is 0 Å². The van der Waals surface area contributed by atoms with Crippen LogP contribution >= 0.6 is 0 Å². The maximum atomic E-state index is 10.2. The van der Waals surface area contributed by atoms with Crippen molar-refractivity contribution in [3.8, 4) is 0 Å². The minimum Gasteiger partial charge on any atom is -0.550 e. The minimum absolute atomic E-state index is 0.234. The second-order valence-electron chi connectivity index (χ2n) is 6.85. The normalized spacial score (nSPS) is 10.4. The minimum atomic E-state index is -0.903. The van der Waals surface area contributed by atoms with Crippen molar-refractivity contribution in [3.05, 3.63) is 0 Å². The summed E-state index contributed by atoms with van der Waals surface area (Å²) in [7, 11) is 0. The Morgan fingerprint density at radius 3 is 1.16 bits per heavy atom. The summed E-state index contributed by atoms with van der Waals surface area (Å²) >= 11 is 0. The van der Waals surface area contributed by atoms with Crippen molar-refractivity contribution in [2.24, 2.45) is 0 Å². The van der Waals surface area contributed by atoms with E-state index in [0.717, 1.165) is 26.1 Å². The predicted octanol–water partition coefficient (Wildman–Crippen LogP) is 6.04. The van der Waals surface area contributed by atoms with Crippen molar-refractivity contribution in [2.75, 3.05) is 13.2 Å². The first-order valence-electron chi connectivity index (χ1n) is 11.0. The number of carbonyl (C=O) groups excluding carboxylic acids is 1. The Labute approximate surface area is 157 Å². The lowest BCUT2D eigenvalue weighted by atomic mass is 10.0. The second-order valence-corrected chi connectivity index (χ2v) is 6.85. The summed E-state index contributed by atoms with van der Waals surface area (Å²) in [5.74, 6) is -0.903. The third-order valence-corrected chi connectivity index (χ3v) is 4.39. The van der Waals surface area contributed by atoms with Crippen molar-refractivity contribution in [1.29, 1.82) is 0 Å². The quantitative estimate of drug-likeness (QED) is 0.281. The standard InChI is InChI=1S/C18H36O2.C4H10O/c1-2-3-4-5-6-7-8-9-10-11-12-13-14-15-16-17-18(19)20;1-3-5-4-2/h2-17H2,1H3,(H,19,20);3-4H2,1-2H3/p-1. The molecular weight excluding hydrogens is 312 g/mol. The highest BCUT2D eigenvalue weighted by atomic mass is 16.5. The Hall–Kier alpha value is -0.570. The molecule has 0 fully saturated rings. The first kappa shape index (κ1) is 26.7. The Kier molecular flexibility index (Phi) is 27.4. The van der Waals surface area contributed by atoms with Crippen LogP contribution < -0.4 is 5.11 Å². The molecule has 25 heavy (non-hydrogen) atoms. The van der Waals surface area contributed by atoms with Crippen LogP contribution in [0.5, 0.6) is 0 Å². The van der Waals surface area contributed by atoms with Crippen LogP contribution in [0.25, 0.3) is 0 Å². The number of unbranched alkanes of at least 4 members (excludes halogenated alkanes) is 14. The molecule has 0 saturated carbocycles. The SMILES string of the molecule is CCCCCCCCCCCCCCCCCC(=O)[O-].CCOCC. The van der Waals surface area contributed by atoms with E-state index in [9.17, 15) is 9.90 Å². The molecular formula is C22H45O3-. The van der Waals surface area contributed by atoms with E-state index in [0.29, 0.717) is 0 Å². The zero-order valence-corrected chi connectivity index (χ0v) is 17.5. The van der Waals surface area contributed by atoms with E-state index in [1.165, 1.54) is 83.5 Å². The second kappa shape index (κ2) is 25.7. The lowest BCUT2D eigenvalue weighted by Crippen LogP contribution is -2.21. The largest absolute Gasteiger partial charge is 0.550 e. The van der Waals surface area contributed by atoms with Gasteiger partial charge in [0.2, 0.25) is 0 Å². The summed E-state index contributed by atoms with van der Waals surface area (Å²) in [6.45, 7) is 7.93. The van der Waals surface area contributed by atoms with E-state index < -0.39 is 5.97 Å². The number of hydrogen-bond donors (Lipinski definition) is 0. The molecule has 0 spiro atoms. The van der Waals surface area contributed by atoms with Crippen molar-refractivity contribution in [2.45, 2.75) is 124 Å². The van der Waals surface area contributed by atoms with Crippen LogP contribution in [-0.4, -0.2) is 19.2 Å². The van der Waals surface area contributed by atoms with Crippen LogP contribution in [0.15, 0.2) is 0 Å². The molecule has 0 heterocycles. The maximum absolute atomic E-state index is 10.2. The van der Waals surface area contributed by atoms with Gasteiger partial charge in [0.1, 0.15) is 0 Å². The zero-order valence-electron chi connectivity index (χ0n) is 17.5. The van der Waals surface area contributed by atoms with E-state index in [-0.39, 0.29) is 6.42 Å². The third kappa shape index (κ3) is 31.7. The first-order valence-corrected chi connectivity index (χ1v) is 11.0. The van der Waals surface area contributed by atoms with E-state index in [1.54, 1.807) is 0 Å². The molecule has 0 rings (SSSR count). The highest BCUT2D eigenvalue weighted by molar-refractivity contribution is 5.63. The molecule has 0 unspecified atom stereocenters. The molecule has 0 amide bonds. The van der Waals surface area contributed by atoms with Gasteiger partial charge in [-0.2, -0.15) is 0 Å². The highest BCUT2D eigenvalue weighted by Gasteiger charge is 1.94. The molecule has 0 aliphatic rings. The van der Waals surface area contributed by atoms with Crippen molar-refractivity contribution >= 4 is 5.97 Å². The Bertz CT molecular complexity index is 239. The molecule has 152 valence electrons. The van der Waals surface area contributed by atoms with Crippen molar-refractivity contribution in [3.63, 3.8) is 0 Å². The lowest BCUT2D eigenvalue weighted by Gasteiger charge is -2.04. The summed E-state index contributed by atoms with van der Waals surface area (Å²) in [6, 6.07) is 0. The van der Waals surface area contributed by atoms with Gasteiger partial charge >= 0.3 is 0 Å². The molecule has 0 radical (unpaired) electrons. The fourth-order valence-electron chi connectivity index (χ4n) is 2.84. The van der Waals surface area contributed by atoms with Gasteiger partial charge in [-0.25, -0.2) is 0 Å². The first-order chi connectivity index (χ1) is 12.2. The summed E-state index contributed by atoms with van der Waals surface area (Å²) < 4.78 is 4.83. The monoisotopic (exact) mass is 357 g/mol. The predicted molar refractivity (Wildman–Crippen MR) is 107 cm³/mol. The third-order valence-electron chi connectivity index (χ3n) is 4.39. The van der Waals surface area contributed by atoms with Gasteiger partial charge in [-0.15, -0.1) is 0 Å². The average molecular weight is 358 g/mol. The van der Waals surface area contributed by atoms with Crippen LogP contribution in [0.1, 0.15) is 124 Å². The van der Waals surface area contributed by atoms with Gasteiger partial charge in [0.15, 0.2) is 0 Å². The number of hydrogen-bond acceptors (Lipinski definition) is 3. The number of ether oxygens (including phenoxy) is 1. The topological polar surface area (TPSA) is 49.4 Å². The summed E-state index contributed by atoms with van der Waals surface area (Å²) in [5, 5.41) is 10.2. The number of carbonyl (C=O) groups is 1. The van der Waals surface area contributed by atoms with Gasteiger partial charge in [0, 0.05) is 19.2 Å². The fourth-order valence-corrected chi connectivity index (χ4v) is 2.84. The average Bonchev–Trinajstić information content (AvgIpc) is 2.59. The van der Waals surface area contributed by atoms with Gasteiger partial charge in [-0.1, -0.05) is 96.8 Å². The van der Waals surface area contributed by atoms with E-state index in [1.807, 2.05) is 13.8 Å². The number of carboxylic acid groups (broad SMARTS) is 1. The zero-order chi connectivity index (χ0) is 19.0. The highest BCUT2D eigenvalue weighted by Crippen LogP contribution is 2.13. The Morgan fingerprint density at radius 2 is 0.920 bits per heavy atom. The molecule has 3 nitrogen and oxygen atoms in total. The van der Waals surface area contributed by atoms with Gasteiger partial charge in [0.25, 0.3) is 0 Å². The summed E-state index contributed by atoms with van der Waals surface area (Å²) in [4.78, 5) is 10.2. The molecule has 0 aliphatic heterocycles. The molecule has 0 atom stereocenters. The summed E-state index contributed by atoms with van der Waals surface area (Å²) in [6.07, 6.45) is 19.9. The van der Waals surface area contributed by atoms with Gasteiger partial charge < -0.3 is 14.6 Å². The van der Waals surface area contributed by atoms with Crippen molar-refractivity contribution in [1.82, 2.24) is 0 Å². The van der Waals surface area contributed by atoms with Gasteiger partial charge in [-0.05, 0) is 26.7 Å². The van der Waals surface area contributed by atoms with Gasteiger partial charge in [0.05, 0.1) is 0 Å². The Morgan fingerprint density at radius 1 is 0.600 bits per heavy atom. The van der Waals surface area contributed by atoms with Crippen molar-refractivity contribution < 1.29 is 14.6 Å². The van der Waals surface area contributed by atoms with Gasteiger partial charge in [-0.3, -0.25) is 0 Å². The lowest BCUT2D eigenvalue weighted by molar-refractivity contribution is -0.305. The molecule has 0 aromatic carbocycles. The smallest absolute Gasteiger partial charge is 0.0437 e. The Balaban J connectivity index is 0. The number of aliphatic carboxylic acids is 1. The summed E-state index contributed by atoms with van der Waals surface area (Å²) in [5.41, 5.74) is 0. The molecule has 3 heteroatoms. The molecule has 0 aliphatic carbocycles. The number of carboxylic acids is 1. The maximum Gasteiger partial charge on any atom is 0.0437 e. The molecule has 0 aromatic heterocycles. The number of rotatable bonds is 18. The molecule has 0 N–H and O–H groups in total. The van der Waals surface area contributed by atoms with Crippen LogP contribution in [0.2, 0.25) is 0 Å². The molecule has 0 aromatic rings. The molecule has 0 saturated heterocycles. The van der Waals surface area contributed by atoms with Crippen LogP contribution in [0.3, 0.4) is 0 Å². The fraction of sp³-hybridized carbons (Fsp3) is 0.955. The molecule has 0 bridgehead atoms. The van der Waals surface area contributed by atoms with E-state index in [4.69, 9.17) is 4.74 Å². The van der Waals surface area contributed by atoms with Crippen LogP contribution in [-0.2, 0) is 9.53 Å². The van der Waals surface area contributed by atoms with E-state index >= 15 is 0 Å². The van der Waals surface area contributed by atoms with E-state index in [2.05, 4.69) is 6.92 Å².